The van der Waals surface area contributed by atoms with Gasteiger partial charge in [-0.2, -0.15) is 0 Å². The van der Waals surface area contributed by atoms with E-state index in [0.717, 1.165) is 17.3 Å². The lowest BCUT2D eigenvalue weighted by Gasteiger charge is -2.33. The van der Waals surface area contributed by atoms with Crippen LogP contribution in [0.2, 0.25) is 0 Å². The second kappa shape index (κ2) is 4.26. The summed E-state index contributed by atoms with van der Waals surface area (Å²) in [5.41, 5.74) is 1.26. The molecule has 82 valence electrons. The molecule has 1 aliphatic rings. The molecule has 0 aliphatic heterocycles. The molecule has 1 fully saturated rings. The Bertz CT molecular complexity index is 340. The van der Waals surface area contributed by atoms with Crippen LogP contribution in [0, 0.1) is 0 Å². The summed E-state index contributed by atoms with van der Waals surface area (Å²) in [5.74, 6) is 0. The van der Waals surface area contributed by atoms with E-state index in [1.165, 1.54) is 18.4 Å². The fraction of sp³-hybridized carbons (Fsp3) is 0.538. The van der Waals surface area contributed by atoms with Crippen molar-refractivity contribution in [2.24, 2.45) is 0 Å². The first-order chi connectivity index (χ1) is 7.17. The molecule has 0 bridgehead atoms. The van der Waals surface area contributed by atoms with Gasteiger partial charge in [0.05, 0.1) is 6.10 Å². The van der Waals surface area contributed by atoms with Gasteiger partial charge >= 0.3 is 0 Å². The Kier molecular flexibility index (Phi) is 3.17. The van der Waals surface area contributed by atoms with E-state index in [-0.39, 0.29) is 11.5 Å². The lowest BCUT2D eigenvalue weighted by atomic mass is 9.75. The zero-order valence-electron chi connectivity index (χ0n) is 9.04. The molecular formula is C13H17BrO. The van der Waals surface area contributed by atoms with E-state index in [0.29, 0.717) is 0 Å². The SMILES string of the molecule is CC(O)C1(c2ccccc2Br)CCCC1. The van der Waals surface area contributed by atoms with Crippen molar-refractivity contribution in [2.75, 3.05) is 0 Å². The van der Waals surface area contributed by atoms with Gasteiger partial charge in [0.15, 0.2) is 0 Å². The summed E-state index contributed by atoms with van der Waals surface area (Å²) in [5, 5.41) is 10.1. The van der Waals surface area contributed by atoms with Crippen LogP contribution in [0.3, 0.4) is 0 Å². The number of hydrogen-bond donors (Lipinski definition) is 1. The molecule has 0 amide bonds. The molecule has 2 heteroatoms. The number of aliphatic hydroxyl groups is 1. The van der Waals surface area contributed by atoms with Gasteiger partial charge in [0, 0.05) is 9.89 Å². The highest BCUT2D eigenvalue weighted by Gasteiger charge is 2.40. The quantitative estimate of drug-likeness (QED) is 0.869. The van der Waals surface area contributed by atoms with Crippen molar-refractivity contribution in [3.05, 3.63) is 34.3 Å². The summed E-state index contributed by atoms with van der Waals surface area (Å²) in [6, 6.07) is 8.29. The number of hydrogen-bond acceptors (Lipinski definition) is 1. The molecule has 0 spiro atoms. The molecule has 2 rings (SSSR count). The average Bonchev–Trinajstić information content (AvgIpc) is 2.68. The smallest absolute Gasteiger partial charge is 0.0609 e. The van der Waals surface area contributed by atoms with E-state index in [1.807, 2.05) is 13.0 Å². The van der Waals surface area contributed by atoms with Crippen LogP contribution in [0.5, 0.6) is 0 Å². The van der Waals surface area contributed by atoms with Crippen molar-refractivity contribution in [3.63, 3.8) is 0 Å². The second-order valence-electron chi connectivity index (χ2n) is 4.52. The van der Waals surface area contributed by atoms with Gasteiger partial charge in [0.1, 0.15) is 0 Å². The van der Waals surface area contributed by atoms with E-state index in [9.17, 15) is 5.11 Å². The Morgan fingerprint density at radius 3 is 2.40 bits per heavy atom. The summed E-state index contributed by atoms with van der Waals surface area (Å²) in [4.78, 5) is 0. The zero-order chi connectivity index (χ0) is 10.9. The summed E-state index contributed by atoms with van der Waals surface area (Å²) in [6.45, 7) is 1.92. The zero-order valence-corrected chi connectivity index (χ0v) is 10.6. The Morgan fingerprint density at radius 1 is 1.27 bits per heavy atom. The maximum Gasteiger partial charge on any atom is 0.0609 e. The third kappa shape index (κ3) is 1.85. The molecule has 1 atom stereocenters. The van der Waals surface area contributed by atoms with E-state index in [1.54, 1.807) is 0 Å². The average molecular weight is 269 g/mol. The van der Waals surface area contributed by atoms with Crippen molar-refractivity contribution < 1.29 is 5.11 Å². The van der Waals surface area contributed by atoms with Gasteiger partial charge < -0.3 is 5.11 Å². The summed E-state index contributed by atoms with van der Waals surface area (Å²) in [7, 11) is 0. The van der Waals surface area contributed by atoms with E-state index >= 15 is 0 Å². The Morgan fingerprint density at radius 2 is 1.87 bits per heavy atom. The number of benzene rings is 1. The van der Waals surface area contributed by atoms with Crippen LogP contribution < -0.4 is 0 Å². The minimum Gasteiger partial charge on any atom is -0.392 e. The van der Waals surface area contributed by atoms with Crippen LogP contribution in [0.1, 0.15) is 38.2 Å². The molecule has 0 radical (unpaired) electrons. The molecule has 15 heavy (non-hydrogen) atoms. The Labute approximate surface area is 99.6 Å². The molecule has 1 N–H and O–H groups in total. The summed E-state index contributed by atoms with van der Waals surface area (Å²) in [6.07, 6.45) is 4.40. The van der Waals surface area contributed by atoms with Crippen LogP contribution >= 0.6 is 15.9 Å². The van der Waals surface area contributed by atoms with Gasteiger partial charge in [0.25, 0.3) is 0 Å². The van der Waals surface area contributed by atoms with Gasteiger partial charge in [0.2, 0.25) is 0 Å². The highest BCUT2D eigenvalue weighted by molar-refractivity contribution is 9.10. The van der Waals surface area contributed by atoms with E-state index in [4.69, 9.17) is 0 Å². The third-order valence-corrected chi connectivity index (χ3v) is 4.40. The lowest BCUT2D eigenvalue weighted by Crippen LogP contribution is -2.35. The van der Waals surface area contributed by atoms with Gasteiger partial charge in [-0.25, -0.2) is 0 Å². The fourth-order valence-electron chi connectivity index (χ4n) is 2.78. The van der Waals surface area contributed by atoms with Gasteiger partial charge in [-0.3, -0.25) is 0 Å². The molecule has 1 nitrogen and oxygen atoms in total. The Hall–Kier alpha value is -0.340. The van der Waals surface area contributed by atoms with Crippen molar-refractivity contribution in [2.45, 2.75) is 44.1 Å². The summed E-state index contributed by atoms with van der Waals surface area (Å²) < 4.78 is 1.13. The highest BCUT2D eigenvalue weighted by atomic mass is 79.9. The first-order valence-electron chi connectivity index (χ1n) is 5.60. The molecule has 0 aromatic heterocycles. The predicted octanol–water partition coefficient (Wildman–Crippen LogP) is 3.64. The molecule has 0 heterocycles. The van der Waals surface area contributed by atoms with Crippen LogP contribution in [0.15, 0.2) is 28.7 Å². The topological polar surface area (TPSA) is 20.2 Å². The van der Waals surface area contributed by atoms with Gasteiger partial charge in [-0.1, -0.05) is 47.0 Å². The maximum absolute atomic E-state index is 10.1. The van der Waals surface area contributed by atoms with Crippen molar-refractivity contribution >= 4 is 15.9 Å². The molecule has 1 aromatic rings. The van der Waals surface area contributed by atoms with Crippen molar-refractivity contribution in [3.8, 4) is 0 Å². The third-order valence-electron chi connectivity index (χ3n) is 3.71. The molecular weight excluding hydrogens is 252 g/mol. The lowest BCUT2D eigenvalue weighted by molar-refractivity contribution is 0.0989. The molecule has 1 aromatic carbocycles. The summed E-state index contributed by atoms with van der Waals surface area (Å²) >= 11 is 3.60. The number of halogens is 1. The van der Waals surface area contributed by atoms with Crippen LogP contribution in [-0.2, 0) is 5.41 Å². The second-order valence-corrected chi connectivity index (χ2v) is 5.37. The van der Waals surface area contributed by atoms with E-state index < -0.39 is 0 Å². The Balaban J connectivity index is 2.46. The predicted molar refractivity (Wildman–Crippen MR) is 66.0 cm³/mol. The van der Waals surface area contributed by atoms with Gasteiger partial charge in [-0.15, -0.1) is 0 Å². The highest BCUT2D eigenvalue weighted by Crippen LogP contribution is 2.46. The van der Waals surface area contributed by atoms with Crippen LogP contribution in [-0.4, -0.2) is 11.2 Å². The van der Waals surface area contributed by atoms with Crippen molar-refractivity contribution in [1.82, 2.24) is 0 Å². The maximum atomic E-state index is 10.1. The van der Waals surface area contributed by atoms with Gasteiger partial charge in [-0.05, 0) is 31.4 Å². The van der Waals surface area contributed by atoms with E-state index in [2.05, 4.69) is 34.1 Å². The largest absolute Gasteiger partial charge is 0.392 e. The minimum atomic E-state index is -0.265. The van der Waals surface area contributed by atoms with Crippen LogP contribution in [0.4, 0.5) is 0 Å². The standard InChI is InChI=1S/C13H17BrO/c1-10(15)13(8-4-5-9-13)11-6-2-3-7-12(11)14/h2-3,6-7,10,15H,4-5,8-9H2,1H3. The number of rotatable bonds is 2. The molecule has 1 aliphatic carbocycles. The molecule has 0 saturated heterocycles. The van der Waals surface area contributed by atoms with Crippen LogP contribution in [0.25, 0.3) is 0 Å². The minimum absolute atomic E-state index is 0.0138. The first kappa shape index (κ1) is 11.2. The monoisotopic (exact) mass is 268 g/mol. The first-order valence-corrected chi connectivity index (χ1v) is 6.39. The molecule has 1 unspecified atom stereocenters. The van der Waals surface area contributed by atoms with Crippen molar-refractivity contribution in [1.29, 1.82) is 0 Å². The fourth-order valence-corrected chi connectivity index (χ4v) is 3.46. The number of aliphatic hydroxyl groups excluding tert-OH is 1. The normalized spacial score (nSPS) is 21.5. The molecule has 1 saturated carbocycles.